The molecular formula is C18H20ClN3O2S. The van der Waals surface area contributed by atoms with E-state index < -0.39 is 9.84 Å². The zero-order valence-electron chi connectivity index (χ0n) is 13.6. The third kappa shape index (κ3) is 3.13. The predicted octanol–water partition coefficient (Wildman–Crippen LogP) is 2.83. The number of piperazine rings is 1. The summed E-state index contributed by atoms with van der Waals surface area (Å²) in [5.41, 5.74) is 1.94. The molecule has 2 aromatic carbocycles. The largest absolute Gasteiger partial charge is 0.367 e. The number of sulfone groups is 1. The third-order valence-corrected chi connectivity index (χ3v) is 6.27. The van der Waals surface area contributed by atoms with Crippen molar-refractivity contribution in [2.45, 2.75) is 9.79 Å². The fourth-order valence-corrected chi connectivity index (χ4v) is 4.67. The standard InChI is InChI=1S/C18H19N3O2S.ClH/c22-24(23,14-5-2-1-3-6-14)17-13-20-18-15(17)7-4-8-16(18)21-11-9-19-10-12-21;/h1-8,13,19-20H,9-12H2;1H. The molecule has 5 nitrogen and oxygen atoms in total. The summed E-state index contributed by atoms with van der Waals surface area (Å²) in [6, 6.07) is 14.4. The van der Waals surface area contributed by atoms with Crippen molar-refractivity contribution in [3.05, 3.63) is 54.7 Å². The SMILES string of the molecule is Cl.O=S(=O)(c1ccccc1)c1c[nH]c2c(N3CCNCC3)cccc12. The Morgan fingerprint density at radius 2 is 1.64 bits per heavy atom. The van der Waals surface area contributed by atoms with Crippen LogP contribution in [-0.2, 0) is 9.84 Å². The molecule has 1 fully saturated rings. The highest BCUT2D eigenvalue weighted by Gasteiger charge is 2.23. The smallest absolute Gasteiger partial charge is 0.208 e. The van der Waals surface area contributed by atoms with Gasteiger partial charge in [-0.15, -0.1) is 12.4 Å². The van der Waals surface area contributed by atoms with E-state index in [0.29, 0.717) is 9.79 Å². The number of nitrogens with one attached hydrogen (secondary N) is 2. The highest BCUT2D eigenvalue weighted by Crippen LogP contribution is 2.33. The number of hydrogen-bond acceptors (Lipinski definition) is 4. The van der Waals surface area contributed by atoms with Crippen LogP contribution in [0.5, 0.6) is 0 Å². The Kier molecular flexibility index (Phi) is 5.03. The van der Waals surface area contributed by atoms with Crippen molar-refractivity contribution >= 4 is 38.8 Å². The zero-order chi connectivity index (χ0) is 16.6. The first kappa shape index (κ1) is 17.8. The zero-order valence-corrected chi connectivity index (χ0v) is 15.2. The average Bonchev–Trinajstić information content (AvgIpc) is 3.08. The first-order chi connectivity index (χ1) is 11.7. The number of rotatable bonds is 3. The Labute approximate surface area is 153 Å². The minimum Gasteiger partial charge on any atom is -0.367 e. The number of aromatic nitrogens is 1. The fourth-order valence-electron chi connectivity index (χ4n) is 3.23. The highest BCUT2D eigenvalue weighted by atomic mass is 35.5. The second-order valence-corrected chi connectivity index (χ2v) is 7.82. The molecule has 0 saturated carbocycles. The van der Waals surface area contributed by atoms with Crippen molar-refractivity contribution in [3.8, 4) is 0 Å². The van der Waals surface area contributed by atoms with Gasteiger partial charge >= 0.3 is 0 Å². The maximum absolute atomic E-state index is 13.0. The number of benzene rings is 2. The monoisotopic (exact) mass is 377 g/mol. The minimum atomic E-state index is -3.53. The Morgan fingerprint density at radius 1 is 0.920 bits per heavy atom. The number of hydrogen-bond donors (Lipinski definition) is 2. The van der Waals surface area contributed by atoms with Crippen LogP contribution in [0.25, 0.3) is 10.9 Å². The molecule has 2 heterocycles. The van der Waals surface area contributed by atoms with Crippen LogP contribution in [0.15, 0.2) is 64.5 Å². The molecule has 1 aliphatic heterocycles. The van der Waals surface area contributed by atoms with Gasteiger partial charge in [-0.05, 0) is 18.2 Å². The van der Waals surface area contributed by atoms with Crippen LogP contribution < -0.4 is 10.2 Å². The Balaban J connectivity index is 0.00000182. The van der Waals surface area contributed by atoms with Crippen LogP contribution in [0.4, 0.5) is 5.69 Å². The van der Waals surface area contributed by atoms with E-state index in [2.05, 4.69) is 15.2 Å². The lowest BCUT2D eigenvalue weighted by Gasteiger charge is -2.29. The first-order valence-electron chi connectivity index (χ1n) is 8.04. The van der Waals surface area contributed by atoms with E-state index in [1.54, 1.807) is 30.5 Å². The molecule has 132 valence electrons. The van der Waals surface area contributed by atoms with E-state index in [1.807, 2.05) is 24.3 Å². The van der Waals surface area contributed by atoms with Crippen molar-refractivity contribution in [3.63, 3.8) is 0 Å². The molecule has 0 bridgehead atoms. The van der Waals surface area contributed by atoms with Crippen molar-refractivity contribution in [1.29, 1.82) is 0 Å². The summed E-state index contributed by atoms with van der Waals surface area (Å²) in [6.07, 6.45) is 1.61. The van der Waals surface area contributed by atoms with E-state index in [0.717, 1.165) is 42.8 Å². The summed E-state index contributed by atoms with van der Waals surface area (Å²) in [5.74, 6) is 0. The van der Waals surface area contributed by atoms with Gasteiger partial charge in [0.15, 0.2) is 0 Å². The molecule has 0 amide bonds. The van der Waals surface area contributed by atoms with Gasteiger partial charge in [0.25, 0.3) is 0 Å². The summed E-state index contributed by atoms with van der Waals surface area (Å²) in [5, 5.41) is 4.08. The molecule has 3 aromatic rings. The average molecular weight is 378 g/mol. The highest BCUT2D eigenvalue weighted by molar-refractivity contribution is 7.91. The number of aromatic amines is 1. The number of para-hydroxylation sites is 1. The molecule has 0 spiro atoms. The molecule has 2 N–H and O–H groups in total. The molecule has 0 aliphatic carbocycles. The molecule has 1 aliphatic rings. The molecular weight excluding hydrogens is 358 g/mol. The summed E-state index contributed by atoms with van der Waals surface area (Å²) < 4.78 is 25.9. The molecule has 1 aromatic heterocycles. The maximum Gasteiger partial charge on any atom is 0.208 e. The maximum atomic E-state index is 13.0. The van der Waals surface area contributed by atoms with Gasteiger partial charge in [0, 0.05) is 37.8 Å². The van der Waals surface area contributed by atoms with Crippen LogP contribution in [0.3, 0.4) is 0 Å². The number of halogens is 1. The second kappa shape index (κ2) is 7.07. The summed E-state index contributed by atoms with van der Waals surface area (Å²) in [7, 11) is -3.53. The van der Waals surface area contributed by atoms with Crippen LogP contribution in [-0.4, -0.2) is 39.6 Å². The van der Waals surface area contributed by atoms with E-state index in [-0.39, 0.29) is 12.4 Å². The number of fused-ring (bicyclic) bond motifs is 1. The number of anilines is 1. The molecule has 0 unspecified atom stereocenters. The Bertz CT molecular complexity index is 964. The first-order valence-corrected chi connectivity index (χ1v) is 9.52. The normalized spacial score (nSPS) is 15.1. The Morgan fingerprint density at radius 3 is 2.36 bits per heavy atom. The van der Waals surface area contributed by atoms with Gasteiger partial charge < -0.3 is 15.2 Å². The summed E-state index contributed by atoms with van der Waals surface area (Å²) in [4.78, 5) is 6.13. The molecule has 25 heavy (non-hydrogen) atoms. The van der Waals surface area contributed by atoms with E-state index in [4.69, 9.17) is 0 Å². The predicted molar refractivity (Wildman–Crippen MR) is 103 cm³/mol. The summed E-state index contributed by atoms with van der Waals surface area (Å²) >= 11 is 0. The third-order valence-electron chi connectivity index (χ3n) is 4.46. The van der Waals surface area contributed by atoms with Crippen LogP contribution in [0, 0.1) is 0 Å². The van der Waals surface area contributed by atoms with Crippen LogP contribution in [0.2, 0.25) is 0 Å². The van der Waals surface area contributed by atoms with Gasteiger partial charge in [-0.1, -0.05) is 30.3 Å². The lowest BCUT2D eigenvalue weighted by molar-refractivity contribution is 0.590. The van der Waals surface area contributed by atoms with E-state index >= 15 is 0 Å². The topological polar surface area (TPSA) is 65.2 Å². The van der Waals surface area contributed by atoms with Crippen molar-refractivity contribution in [1.82, 2.24) is 10.3 Å². The van der Waals surface area contributed by atoms with Crippen LogP contribution >= 0.6 is 12.4 Å². The van der Waals surface area contributed by atoms with Gasteiger partial charge in [0.2, 0.25) is 9.84 Å². The van der Waals surface area contributed by atoms with Crippen molar-refractivity contribution < 1.29 is 8.42 Å². The molecule has 0 atom stereocenters. The minimum absolute atomic E-state index is 0. The van der Waals surface area contributed by atoms with Gasteiger partial charge in [-0.2, -0.15) is 0 Å². The van der Waals surface area contributed by atoms with Gasteiger partial charge in [-0.25, -0.2) is 8.42 Å². The Hall–Kier alpha value is -2.02. The van der Waals surface area contributed by atoms with Crippen molar-refractivity contribution in [2.24, 2.45) is 0 Å². The number of H-pyrrole nitrogens is 1. The van der Waals surface area contributed by atoms with Crippen molar-refractivity contribution in [2.75, 3.05) is 31.1 Å². The lowest BCUT2D eigenvalue weighted by Crippen LogP contribution is -2.43. The van der Waals surface area contributed by atoms with Crippen LogP contribution in [0.1, 0.15) is 0 Å². The molecule has 0 radical (unpaired) electrons. The molecule has 1 saturated heterocycles. The van der Waals surface area contributed by atoms with Gasteiger partial charge in [-0.3, -0.25) is 0 Å². The lowest BCUT2D eigenvalue weighted by atomic mass is 10.2. The van der Waals surface area contributed by atoms with Gasteiger partial charge in [0.05, 0.1) is 21.0 Å². The molecule has 4 rings (SSSR count). The quantitative estimate of drug-likeness (QED) is 0.736. The fraction of sp³-hybridized carbons (Fsp3) is 0.222. The second-order valence-electron chi connectivity index (χ2n) is 5.91. The molecule has 7 heteroatoms. The van der Waals surface area contributed by atoms with E-state index in [9.17, 15) is 8.42 Å². The van der Waals surface area contributed by atoms with E-state index in [1.165, 1.54) is 0 Å². The number of nitrogens with zero attached hydrogens (tertiary/aromatic N) is 1. The van der Waals surface area contributed by atoms with Gasteiger partial charge in [0.1, 0.15) is 0 Å². The summed E-state index contributed by atoms with van der Waals surface area (Å²) in [6.45, 7) is 3.70.